The van der Waals surface area contributed by atoms with Crippen molar-refractivity contribution < 1.29 is 23.9 Å². The van der Waals surface area contributed by atoms with Crippen LogP contribution in [0.4, 0.5) is 0 Å². The number of carbonyl (C=O) groups excluding carboxylic acids is 3. The fourth-order valence-corrected chi connectivity index (χ4v) is 6.56. The highest BCUT2D eigenvalue weighted by molar-refractivity contribution is 8.14. The summed E-state index contributed by atoms with van der Waals surface area (Å²) in [6, 6.07) is 29.3. The molecule has 5 rings (SSSR count). The van der Waals surface area contributed by atoms with Crippen LogP contribution in [-0.4, -0.2) is 40.7 Å². The van der Waals surface area contributed by atoms with Crippen molar-refractivity contribution >= 4 is 63.9 Å². The van der Waals surface area contributed by atoms with E-state index in [1.54, 1.807) is 49.4 Å². The lowest BCUT2D eigenvalue weighted by Gasteiger charge is -2.28. The second kappa shape index (κ2) is 18.2. The van der Waals surface area contributed by atoms with Crippen molar-refractivity contribution in [2.75, 3.05) is 12.9 Å². The number of amides is 3. The number of aliphatic imine (C=N–C) groups is 1. The molecule has 1 aliphatic rings. The van der Waals surface area contributed by atoms with Crippen LogP contribution in [0.15, 0.2) is 144 Å². The number of amidine groups is 1. The van der Waals surface area contributed by atoms with Gasteiger partial charge in [-0.2, -0.15) is 4.99 Å². The summed E-state index contributed by atoms with van der Waals surface area (Å²) >= 11 is 13.9. The number of hydrogen-bond acceptors (Lipinski definition) is 6. The van der Waals surface area contributed by atoms with E-state index >= 15 is 0 Å². The van der Waals surface area contributed by atoms with E-state index in [1.165, 1.54) is 18.1 Å². The Hall–Kier alpha value is -5.35. The molecule has 4 aromatic rings. The Kier molecular flexibility index (Phi) is 13.3. The zero-order chi connectivity index (χ0) is 37.0. The van der Waals surface area contributed by atoms with Gasteiger partial charge in [-0.25, -0.2) is 0 Å². The zero-order valence-corrected chi connectivity index (χ0v) is 30.8. The molecule has 0 saturated carbocycles. The van der Waals surface area contributed by atoms with Gasteiger partial charge in [0.2, 0.25) is 5.91 Å². The molecule has 0 bridgehead atoms. The van der Waals surface area contributed by atoms with Gasteiger partial charge in [-0.05, 0) is 54.0 Å². The molecular weight excluding hydrogens is 717 g/mol. The predicted octanol–water partition coefficient (Wildman–Crippen LogP) is 8.97. The Balaban J connectivity index is 1.41. The first-order chi connectivity index (χ1) is 25.2. The zero-order valence-electron chi connectivity index (χ0n) is 28.4. The van der Waals surface area contributed by atoms with E-state index in [-0.39, 0.29) is 45.5 Å². The van der Waals surface area contributed by atoms with E-state index in [9.17, 15) is 14.4 Å². The number of ether oxygens (including phenoxy) is 2. The standard InChI is InChI=1S/C41H35Cl2N3O5S/c1-4-6-20-31(5-2)46-40(49)32(22-27-23-34(43)38(35(24-27)50-3)51-25-30-19-13-14-21-33(30)42)39(48)45-41(46)52-26-36(47)44-37(28-15-9-7-10-16-28)29-17-11-8-12-18-29/h4-24,37H,1,25-26H2,2-3H3,(H,44,47)/b20-6-,31-5+,32-22+. The molecule has 264 valence electrons. The van der Waals surface area contributed by atoms with Crippen LogP contribution < -0.4 is 14.8 Å². The Morgan fingerprint density at radius 1 is 0.962 bits per heavy atom. The molecule has 0 aliphatic carbocycles. The van der Waals surface area contributed by atoms with Crippen LogP contribution >= 0.6 is 35.0 Å². The Morgan fingerprint density at radius 2 is 1.62 bits per heavy atom. The third kappa shape index (κ3) is 9.30. The number of thioether (sulfide) groups is 1. The predicted molar refractivity (Wildman–Crippen MR) is 209 cm³/mol. The van der Waals surface area contributed by atoms with E-state index in [4.69, 9.17) is 32.7 Å². The molecule has 0 radical (unpaired) electrons. The number of halogens is 2. The highest BCUT2D eigenvalue weighted by atomic mass is 35.5. The van der Waals surface area contributed by atoms with Gasteiger partial charge in [0.05, 0.1) is 23.9 Å². The highest BCUT2D eigenvalue weighted by Crippen LogP contribution is 2.38. The van der Waals surface area contributed by atoms with Crippen molar-refractivity contribution in [3.05, 3.63) is 172 Å². The van der Waals surface area contributed by atoms with Gasteiger partial charge in [0.25, 0.3) is 11.8 Å². The van der Waals surface area contributed by atoms with Gasteiger partial charge in [-0.15, -0.1) is 0 Å². The lowest BCUT2D eigenvalue weighted by molar-refractivity contribution is -0.126. The number of hydrogen-bond donors (Lipinski definition) is 1. The summed E-state index contributed by atoms with van der Waals surface area (Å²) in [6.07, 6.45) is 7.99. The van der Waals surface area contributed by atoms with Crippen molar-refractivity contribution in [3.63, 3.8) is 0 Å². The van der Waals surface area contributed by atoms with Crippen molar-refractivity contribution in [2.45, 2.75) is 19.6 Å². The maximum Gasteiger partial charge on any atom is 0.285 e. The molecule has 1 aliphatic heterocycles. The SMILES string of the molecule is C=C/C=C\C(=C/C)N1C(=O)/C(=C/c2cc(Cl)c(OCc3ccccc3Cl)c(OC)c2)C(=O)N=C1SCC(=O)NC(c1ccccc1)c1ccccc1. The van der Waals surface area contributed by atoms with Gasteiger partial charge in [0.1, 0.15) is 12.2 Å². The van der Waals surface area contributed by atoms with Gasteiger partial charge in [-0.1, -0.05) is 139 Å². The molecule has 3 amide bonds. The van der Waals surface area contributed by atoms with Gasteiger partial charge >= 0.3 is 0 Å². The van der Waals surface area contributed by atoms with Crippen molar-refractivity contribution in [1.29, 1.82) is 0 Å². The molecule has 1 N–H and O–H groups in total. The molecule has 11 heteroatoms. The normalized spacial score (nSPS) is 14.2. The lowest BCUT2D eigenvalue weighted by Crippen LogP contribution is -2.42. The monoisotopic (exact) mass is 751 g/mol. The van der Waals surface area contributed by atoms with E-state index in [2.05, 4.69) is 16.9 Å². The van der Waals surface area contributed by atoms with Crippen molar-refractivity contribution in [3.8, 4) is 11.5 Å². The summed E-state index contributed by atoms with van der Waals surface area (Å²) in [5, 5.41) is 3.89. The minimum Gasteiger partial charge on any atom is -0.493 e. The van der Waals surface area contributed by atoms with Gasteiger partial charge in [0.15, 0.2) is 16.7 Å². The number of carbonyl (C=O) groups is 3. The van der Waals surface area contributed by atoms with Crippen molar-refractivity contribution in [2.24, 2.45) is 4.99 Å². The minimum absolute atomic E-state index is 0.0546. The second-order valence-corrected chi connectivity index (χ2v) is 13.0. The number of nitrogens with zero attached hydrogens (tertiary/aromatic N) is 2. The van der Waals surface area contributed by atoms with Crippen LogP contribution in [0.1, 0.15) is 35.2 Å². The summed E-state index contributed by atoms with van der Waals surface area (Å²) in [5.74, 6) is -1.27. The first-order valence-corrected chi connectivity index (χ1v) is 17.9. The van der Waals surface area contributed by atoms with Gasteiger partial charge in [-0.3, -0.25) is 19.3 Å². The fraction of sp³-hybridized carbons (Fsp3) is 0.122. The molecule has 0 atom stereocenters. The van der Waals surface area contributed by atoms with E-state index < -0.39 is 17.9 Å². The maximum atomic E-state index is 14.1. The third-order valence-corrected chi connectivity index (χ3v) is 9.39. The lowest BCUT2D eigenvalue weighted by atomic mass is 9.99. The molecule has 52 heavy (non-hydrogen) atoms. The number of methoxy groups -OCH3 is 1. The molecule has 0 aromatic heterocycles. The van der Waals surface area contributed by atoms with Crippen LogP contribution in [0.3, 0.4) is 0 Å². The molecular formula is C41H35Cl2N3O5S. The Morgan fingerprint density at radius 3 is 2.23 bits per heavy atom. The van der Waals surface area contributed by atoms with E-state index in [0.717, 1.165) is 28.5 Å². The van der Waals surface area contributed by atoms with Crippen LogP contribution in [0.25, 0.3) is 6.08 Å². The molecule has 0 unspecified atom stereocenters. The molecule has 8 nitrogen and oxygen atoms in total. The third-order valence-electron chi connectivity index (χ3n) is 7.81. The summed E-state index contributed by atoms with van der Waals surface area (Å²) in [4.78, 5) is 46.7. The minimum atomic E-state index is -0.770. The summed E-state index contributed by atoms with van der Waals surface area (Å²) in [5.41, 5.74) is 3.20. The first-order valence-electron chi connectivity index (χ1n) is 16.1. The Labute approximate surface area is 317 Å². The number of benzene rings is 4. The van der Waals surface area contributed by atoms with Crippen LogP contribution in [0, 0.1) is 0 Å². The van der Waals surface area contributed by atoms with Gasteiger partial charge < -0.3 is 14.8 Å². The molecule has 0 fully saturated rings. The summed E-state index contributed by atoms with van der Waals surface area (Å²) < 4.78 is 11.5. The van der Waals surface area contributed by atoms with E-state index in [0.29, 0.717) is 16.3 Å². The van der Waals surface area contributed by atoms with Crippen molar-refractivity contribution in [1.82, 2.24) is 10.2 Å². The molecule has 0 spiro atoms. The maximum absolute atomic E-state index is 14.1. The average Bonchev–Trinajstić information content (AvgIpc) is 3.16. The molecule has 0 saturated heterocycles. The number of rotatable bonds is 13. The number of nitrogens with one attached hydrogen (secondary N) is 1. The summed E-state index contributed by atoms with van der Waals surface area (Å²) in [7, 11) is 1.46. The van der Waals surface area contributed by atoms with E-state index in [1.807, 2.05) is 78.9 Å². The first kappa shape index (κ1) is 37.9. The summed E-state index contributed by atoms with van der Waals surface area (Å²) in [6.45, 7) is 5.61. The highest BCUT2D eigenvalue weighted by Gasteiger charge is 2.35. The van der Waals surface area contributed by atoms with Gasteiger partial charge in [0, 0.05) is 16.3 Å². The van der Waals surface area contributed by atoms with Crippen LogP contribution in [0.5, 0.6) is 11.5 Å². The average molecular weight is 753 g/mol. The van der Waals surface area contributed by atoms with Crippen LogP contribution in [0.2, 0.25) is 10.0 Å². The fourth-order valence-electron chi connectivity index (χ4n) is 5.29. The number of allylic oxidation sites excluding steroid dienone is 4. The quantitative estimate of drug-likeness (QED) is 0.0833. The Bertz CT molecular complexity index is 2040. The second-order valence-electron chi connectivity index (χ2n) is 11.2. The largest absolute Gasteiger partial charge is 0.493 e. The molecule has 1 heterocycles. The molecule has 4 aromatic carbocycles. The van der Waals surface area contributed by atoms with Crippen LogP contribution in [-0.2, 0) is 21.0 Å². The smallest absolute Gasteiger partial charge is 0.285 e. The topological polar surface area (TPSA) is 97.3 Å².